The Bertz CT molecular complexity index is 199. The Kier molecular flexibility index (Phi) is 4.56. The molecule has 3 heteroatoms. The molecule has 3 nitrogen and oxygen atoms in total. The zero-order chi connectivity index (χ0) is 8.69. The van der Waals surface area contributed by atoms with Crippen LogP contribution in [0.15, 0.2) is 37.0 Å². The Labute approximate surface area is 67.3 Å². The summed E-state index contributed by atoms with van der Waals surface area (Å²) < 4.78 is 4.50. The van der Waals surface area contributed by atoms with Gasteiger partial charge in [-0.1, -0.05) is 31.4 Å². The summed E-state index contributed by atoms with van der Waals surface area (Å²) in [6.45, 7) is 7.13. The van der Waals surface area contributed by atoms with Crippen LogP contribution in [0.4, 0.5) is 4.79 Å². The molecule has 0 radical (unpaired) electrons. The van der Waals surface area contributed by atoms with E-state index < -0.39 is 6.09 Å². The number of hydrogen-bond donors (Lipinski definition) is 1. The summed E-state index contributed by atoms with van der Waals surface area (Å²) >= 11 is 0. The van der Waals surface area contributed by atoms with Crippen LogP contribution in [0, 0.1) is 0 Å². The molecule has 0 rings (SSSR count). The highest BCUT2D eigenvalue weighted by atomic mass is 16.5. The molecule has 0 aliphatic heterocycles. The molecule has 0 aromatic rings. The molecule has 0 heterocycles. The number of carbonyl (C=O) groups is 1. The SMILES string of the molecule is C=C/C=C(\C=C)COC(N)=O.[HH]. The average molecular weight is 155 g/mol. The smallest absolute Gasteiger partial charge is 0.404 e. The molecule has 62 valence electrons. The molecule has 11 heavy (non-hydrogen) atoms. The molecule has 0 bridgehead atoms. The van der Waals surface area contributed by atoms with Crippen LogP contribution < -0.4 is 5.73 Å². The Morgan fingerprint density at radius 2 is 2.27 bits per heavy atom. The van der Waals surface area contributed by atoms with Crippen LogP contribution in [0.2, 0.25) is 0 Å². The van der Waals surface area contributed by atoms with Gasteiger partial charge in [0.25, 0.3) is 0 Å². The lowest BCUT2D eigenvalue weighted by molar-refractivity contribution is 0.167. The van der Waals surface area contributed by atoms with Gasteiger partial charge >= 0.3 is 6.09 Å². The molecule has 0 atom stereocenters. The van der Waals surface area contributed by atoms with Gasteiger partial charge in [-0.3, -0.25) is 0 Å². The third-order valence-corrected chi connectivity index (χ3v) is 0.975. The number of primary amides is 1. The Hall–Kier alpha value is -1.51. The molecule has 0 saturated carbocycles. The Balaban J connectivity index is 0. The zero-order valence-corrected chi connectivity index (χ0v) is 6.25. The molecule has 1 amide bonds. The van der Waals surface area contributed by atoms with Crippen LogP contribution in [0.25, 0.3) is 0 Å². The van der Waals surface area contributed by atoms with E-state index in [0.717, 1.165) is 5.57 Å². The van der Waals surface area contributed by atoms with Crippen LogP contribution in [0.3, 0.4) is 0 Å². The summed E-state index contributed by atoms with van der Waals surface area (Å²) in [7, 11) is 0. The number of rotatable bonds is 4. The number of nitrogens with two attached hydrogens (primary N) is 1. The first kappa shape index (κ1) is 9.49. The second-order valence-electron chi connectivity index (χ2n) is 1.79. The fraction of sp³-hybridized carbons (Fsp3) is 0.125. The molecule has 0 aliphatic rings. The quantitative estimate of drug-likeness (QED) is 0.627. The van der Waals surface area contributed by atoms with Gasteiger partial charge in [0.2, 0.25) is 0 Å². The second kappa shape index (κ2) is 5.29. The summed E-state index contributed by atoms with van der Waals surface area (Å²) in [6.07, 6.45) is 4.06. The molecule has 0 fully saturated rings. The maximum atomic E-state index is 10.1. The maximum absolute atomic E-state index is 10.1. The van der Waals surface area contributed by atoms with Crippen molar-refractivity contribution in [2.24, 2.45) is 5.73 Å². The summed E-state index contributed by atoms with van der Waals surface area (Å²) in [5, 5.41) is 0. The standard InChI is InChI=1S/C8H11NO2.H2/c1-3-5-7(4-2)6-11-8(9)10;/h3-5H,1-2,6H2,(H2,9,10);1H/b7-5+;. The first-order valence-corrected chi connectivity index (χ1v) is 3.07. The van der Waals surface area contributed by atoms with E-state index in [4.69, 9.17) is 5.73 Å². The first-order chi connectivity index (χ1) is 5.20. The van der Waals surface area contributed by atoms with E-state index in [-0.39, 0.29) is 8.03 Å². The molecule has 2 N–H and O–H groups in total. The van der Waals surface area contributed by atoms with E-state index in [9.17, 15) is 4.79 Å². The number of ether oxygens (including phenoxy) is 1. The van der Waals surface area contributed by atoms with Gasteiger partial charge in [-0.15, -0.1) is 0 Å². The van der Waals surface area contributed by atoms with Crippen LogP contribution in [-0.4, -0.2) is 12.7 Å². The van der Waals surface area contributed by atoms with Crippen molar-refractivity contribution in [1.82, 2.24) is 0 Å². The summed E-state index contributed by atoms with van der Waals surface area (Å²) in [5.74, 6) is 0. The fourth-order valence-electron chi connectivity index (χ4n) is 0.481. The van der Waals surface area contributed by atoms with E-state index in [0.29, 0.717) is 0 Å². The van der Waals surface area contributed by atoms with Gasteiger partial charge in [0.1, 0.15) is 6.61 Å². The van der Waals surface area contributed by atoms with Crippen molar-refractivity contribution in [3.8, 4) is 0 Å². The average Bonchev–Trinajstić information content (AvgIpc) is 1.97. The predicted molar refractivity (Wildman–Crippen MR) is 46.1 cm³/mol. The predicted octanol–water partition coefficient (Wildman–Crippen LogP) is 1.63. The molecule has 0 aromatic heterocycles. The minimum atomic E-state index is -0.790. The van der Waals surface area contributed by atoms with Gasteiger partial charge in [-0.25, -0.2) is 4.79 Å². The lowest BCUT2D eigenvalue weighted by Crippen LogP contribution is -2.14. The molecule has 0 aliphatic carbocycles. The molecular formula is C8H13NO2. The van der Waals surface area contributed by atoms with Crippen LogP contribution in [0.1, 0.15) is 1.43 Å². The summed E-state index contributed by atoms with van der Waals surface area (Å²) in [6, 6.07) is 0. The summed E-state index contributed by atoms with van der Waals surface area (Å²) in [5.41, 5.74) is 5.51. The van der Waals surface area contributed by atoms with Crippen LogP contribution in [0.5, 0.6) is 0 Å². The normalized spacial score (nSPS) is 10.4. The number of hydrogen-bond acceptors (Lipinski definition) is 2. The van der Waals surface area contributed by atoms with Gasteiger partial charge in [-0.2, -0.15) is 0 Å². The first-order valence-electron chi connectivity index (χ1n) is 3.07. The molecule has 0 unspecified atom stereocenters. The van der Waals surface area contributed by atoms with Gasteiger partial charge in [0, 0.05) is 1.43 Å². The van der Waals surface area contributed by atoms with E-state index >= 15 is 0 Å². The highest BCUT2D eigenvalue weighted by Gasteiger charge is 1.94. The van der Waals surface area contributed by atoms with Crippen molar-refractivity contribution in [2.45, 2.75) is 0 Å². The zero-order valence-electron chi connectivity index (χ0n) is 6.25. The van der Waals surface area contributed by atoms with E-state index in [1.54, 1.807) is 18.2 Å². The van der Waals surface area contributed by atoms with E-state index in [2.05, 4.69) is 17.9 Å². The fourth-order valence-corrected chi connectivity index (χ4v) is 0.481. The van der Waals surface area contributed by atoms with E-state index in [1.807, 2.05) is 0 Å². The van der Waals surface area contributed by atoms with Crippen LogP contribution >= 0.6 is 0 Å². The number of carbonyl (C=O) groups excluding carboxylic acids is 1. The highest BCUT2D eigenvalue weighted by Crippen LogP contribution is 1.96. The van der Waals surface area contributed by atoms with Crippen molar-refractivity contribution in [1.29, 1.82) is 0 Å². The van der Waals surface area contributed by atoms with Gasteiger partial charge in [0.15, 0.2) is 0 Å². The topological polar surface area (TPSA) is 52.3 Å². The molecule has 0 spiro atoms. The minimum absolute atomic E-state index is 0. The second-order valence-corrected chi connectivity index (χ2v) is 1.79. The molecule has 0 aromatic carbocycles. The molecule has 0 saturated heterocycles. The molecular weight excluding hydrogens is 142 g/mol. The minimum Gasteiger partial charge on any atom is -0.445 e. The Morgan fingerprint density at radius 3 is 2.64 bits per heavy atom. The third-order valence-electron chi connectivity index (χ3n) is 0.975. The van der Waals surface area contributed by atoms with E-state index in [1.165, 1.54) is 0 Å². The monoisotopic (exact) mass is 155 g/mol. The van der Waals surface area contributed by atoms with Gasteiger partial charge < -0.3 is 10.5 Å². The number of amides is 1. The van der Waals surface area contributed by atoms with Crippen molar-refractivity contribution >= 4 is 6.09 Å². The Morgan fingerprint density at radius 1 is 1.64 bits per heavy atom. The lowest BCUT2D eigenvalue weighted by atomic mass is 10.2. The lowest BCUT2D eigenvalue weighted by Gasteiger charge is -1.99. The maximum Gasteiger partial charge on any atom is 0.404 e. The largest absolute Gasteiger partial charge is 0.445 e. The van der Waals surface area contributed by atoms with Gasteiger partial charge in [0.05, 0.1) is 0 Å². The third kappa shape index (κ3) is 4.96. The van der Waals surface area contributed by atoms with Crippen molar-refractivity contribution in [3.63, 3.8) is 0 Å². The number of allylic oxidation sites excluding steroid dienone is 2. The van der Waals surface area contributed by atoms with Crippen LogP contribution in [-0.2, 0) is 4.74 Å². The van der Waals surface area contributed by atoms with Crippen molar-refractivity contribution in [3.05, 3.63) is 37.0 Å². The van der Waals surface area contributed by atoms with Crippen molar-refractivity contribution in [2.75, 3.05) is 6.61 Å². The van der Waals surface area contributed by atoms with Crippen molar-refractivity contribution < 1.29 is 11.0 Å². The van der Waals surface area contributed by atoms with Gasteiger partial charge in [-0.05, 0) is 5.57 Å². The highest BCUT2D eigenvalue weighted by molar-refractivity contribution is 5.64. The summed E-state index contributed by atoms with van der Waals surface area (Å²) in [4.78, 5) is 10.1.